The second-order valence-electron chi connectivity index (χ2n) is 6.64. The first-order valence-electron chi connectivity index (χ1n) is 7.10. The summed E-state index contributed by atoms with van der Waals surface area (Å²) >= 11 is 0. The van der Waals surface area contributed by atoms with E-state index in [2.05, 4.69) is 44.1 Å². The van der Waals surface area contributed by atoms with Gasteiger partial charge in [-0.15, -0.1) is 0 Å². The molecule has 0 unspecified atom stereocenters. The van der Waals surface area contributed by atoms with Gasteiger partial charge in [0.15, 0.2) is 0 Å². The molecule has 0 amide bonds. The summed E-state index contributed by atoms with van der Waals surface area (Å²) in [5.41, 5.74) is 2.10. The number of pyridine rings is 1. The van der Waals surface area contributed by atoms with Gasteiger partial charge in [0.2, 0.25) is 5.88 Å². The summed E-state index contributed by atoms with van der Waals surface area (Å²) in [6, 6.07) is 4.67. The molecular formula is C16H28N2O. The van der Waals surface area contributed by atoms with Gasteiger partial charge >= 0.3 is 0 Å². The zero-order valence-corrected chi connectivity index (χ0v) is 13.4. The van der Waals surface area contributed by atoms with Crippen molar-refractivity contribution in [3.05, 3.63) is 23.4 Å². The van der Waals surface area contributed by atoms with E-state index >= 15 is 0 Å². The van der Waals surface area contributed by atoms with Crippen LogP contribution in [0, 0.1) is 0 Å². The summed E-state index contributed by atoms with van der Waals surface area (Å²) in [6.45, 7) is 15.6. The molecule has 0 saturated carbocycles. The van der Waals surface area contributed by atoms with E-state index in [1.54, 1.807) is 0 Å². The molecule has 0 saturated heterocycles. The average Bonchev–Trinajstić information content (AvgIpc) is 2.23. The van der Waals surface area contributed by atoms with Crippen molar-refractivity contribution in [3.63, 3.8) is 0 Å². The highest BCUT2D eigenvalue weighted by atomic mass is 16.5. The third kappa shape index (κ3) is 6.06. The van der Waals surface area contributed by atoms with Crippen LogP contribution in [0.15, 0.2) is 12.1 Å². The first kappa shape index (κ1) is 16.0. The lowest BCUT2D eigenvalue weighted by Crippen LogP contribution is -2.25. The largest absolute Gasteiger partial charge is 0.472 e. The predicted molar refractivity (Wildman–Crippen MR) is 80.7 cm³/mol. The highest BCUT2D eigenvalue weighted by molar-refractivity contribution is 5.27. The Bertz CT molecular complexity index is 406. The maximum absolute atomic E-state index is 5.90. The van der Waals surface area contributed by atoms with Crippen molar-refractivity contribution in [2.75, 3.05) is 0 Å². The van der Waals surface area contributed by atoms with Crippen LogP contribution in [-0.2, 0) is 6.54 Å². The fraction of sp³-hybridized carbons (Fsp3) is 0.688. The van der Waals surface area contributed by atoms with Crippen LogP contribution in [0.5, 0.6) is 5.88 Å². The van der Waals surface area contributed by atoms with Gasteiger partial charge < -0.3 is 10.1 Å². The first-order valence-corrected chi connectivity index (χ1v) is 7.10. The Morgan fingerprint density at radius 2 is 1.79 bits per heavy atom. The highest BCUT2D eigenvalue weighted by Crippen LogP contribution is 2.22. The molecule has 1 rings (SSSR count). The molecule has 0 fully saturated rings. The third-order valence-corrected chi connectivity index (χ3v) is 2.60. The summed E-state index contributed by atoms with van der Waals surface area (Å²) in [5, 5.41) is 3.43. The lowest BCUT2D eigenvalue weighted by molar-refractivity contribution is 0.123. The van der Waals surface area contributed by atoms with Crippen LogP contribution < -0.4 is 10.1 Å². The molecule has 3 nitrogen and oxygen atoms in total. The van der Waals surface area contributed by atoms with Crippen molar-refractivity contribution in [2.24, 2.45) is 0 Å². The average molecular weight is 264 g/mol. The molecule has 0 aliphatic rings. The molecule has 0 spiro atoms. The van der Waals surface area contributed by atoms with E-state index in [9.17, 15) is 0 Å². The molecule has 0 bridgehead atoms. The van der Waals surface area contributed by atoms with Crippen LogP contribution in [0.25, 0.3) is 0 Å². The van der Waals surface area contributed by atoms with E-state index in [0.717, 1.165) is 18.1 Å². The minimum Gasteiger partial charge on any atom is -0.472 e. The van der Waals surface area contributed by atoms with E-state index in [-0.39, 0.29) is 5.60 Å². The molecule has 19 heavy (non-hydrogen) atoms. The van der Waals surface area contributed by atoms with E-state index in [4.69, 9.17) is 4.74 Å². The molecule has 0 aliphatic carbocycles. The molecule has 108 valence electrons. The Hall–Kier alpha value is -1.09. The first-order chi connectivity index (χ1) is 8.67. The minimum absolute atomic E-state index is 0.217. The standard InChI is InChI=1S/C16H28N2O/c1-11(2)14-8-13(10-17-12(3)4)9-15(18-14)19-16(5,6)7/h8-9,11-12,17H,10H2,1-7H3. The molecular weight excluding hydrogens is 236 g/mol. The van der Waals surface area contributed by atoms with Gasteiger partial charge in [0, 0.05) is 24.3 Å². The Kier molecular flexibility index (Phi) is 5.36. The molecule has 0 atom stereocenters. The van der Waals surface area contributed by atoms with Crippen molar-refractivity contribution in [1.29, 1.82) is 0 Å². The van der Waals surface area contributed by atoms with Crippen molar-refractivity contribution in [3.8, 4) is 5.88 Å². The van der Waals surface area contributed by atoms with E-state index in [1.165, 1.54) is 5.56 Å². The van der Waals surface area contributed by atoms with E-state index in [0.29, 0.717) is 12.0 Å². The molecule has 1 aromatic heterocycles. The molecule has 0 aromatic carbocycles. The molecule has 1 N–H and O–H groups in total. The van der Waals surface area contributed by atoms with Crippen LogP contribution in [0.4, 0.5) is 0 Å². The summed E-state index contributed by atoms with van der Waals surface area (Å²) in [7, 11) is 0. The minimum atomic E-state index is -0.217. The summed E-state index contributed by atoms with van der Waals surface area (Å²) in [6.07, 6.45) is 0. The van der Waals surface area contributed by atoms with E-state index in [1.807, 2.05) is 26.8 Å². The Labute approximate surface area is 117 Å². The number of ether oxygens (including phenoxy) is 1. The second-order valence-corrected chi connectivity index (χ2v) is 6.64. The summed E-state index contributed by atoms with van der Waals surface area (Å²) in [4.78, 5) is 4.60. The van der Waals surface area contributed by atoms with Crippen molar-refractivity contribution in [1.82, 2.24) is 10.3 Å². The lowest BCUT2D eigenvalue weighted by Gasteiger charge is -2.22. The van der Waals surface area contributed by atoms with Gasteiger partial charge in [0.1, 0.15) is 5.60 Å². The smallest absolute Gasteiger partial charge is 0.214 e. The zero-order valence-electron chi connectivity index (χ0n) is 13.4. The SMILES string of the molecule is CC(C)NCc1cc(OC(C)(C)C)nc(C(C)C)c1. The van der Waals surface area contributed by atoms with Gasteiger partial charge in [-0.1, -0.05) is 27.7 Å². The maximum atomic E-state index is 5.90. The maximum Gasteiger partial charge on any atom is 0.214 e. The Balaban J connectivity index is 2.97. The summed E-state index contributed by atoms with van der Waals surface area (Å²) in [5.74, 6) is 1.13. The number of hydrogen-bond acceptors (Lipinski definition) is 3. The van der Waals surface area contributed by atoms with Crippen molar-refractivity contribution >= 4 is 0 Å². The Morgan fingerprint density at radius 3 is 2.26 bits per heavy atom. The monoisotopic (exact) mass is 264 g/mol. The fourth-order valence-corrected chi connectivity index (χ4v) is 1.67. The van der Waals surface area contributed by atoms with Gasteiger partial charge in [0.25, 0.3) is 0 Å². The highest BCUT2D eigenvalue weighted by Gasteiger charge is 2.15. The van der Waals surface area contributed by atoms with Gasteiger partial charge in [-0.3, -0.25) is 0 Å². The van der Waals surface area contributed by atoms with Crippen LogP contribution in [0.2, 0.25) is 0 Å². The number of hydrogen-bond donors (Lipinski definition) is 1. The van der Waals surface area contributed by atoms with E-state index < -0.39 is 0 Å². The zero-order chi connectivity index (χ0) is 14.6. The second kappa shape index (κ2) is 6.38. The van der Waals surface area contributed by atoms with Crippen LogP contribution in [0.1, 0.15) is 65.6 Å². The van der Waals surface area contributed by atoms with Gasteiger partial charge in [-0.05, 0) is 38.3 Å². The predicted octanol–water partition coefficient (Wildman–Crippen LogP) is 3.88. The van der Waals surface area contributed by atoms with Gasteiger partial charge in [-0.2, -0.15) is 0 Å². The molecule has 1 aromatic rings. The number of aromatic nitrogens is 1. The molecule has 3 heteroatoms. The van der Waals surface area contributed by atoms with Gasteiger partial charge in [-0.25, -0.2) is 4.98 Å². The van der Waals surface area contributed by atoms with Gasteiger partial charge in [0.05, 0.1) is 0 Å². The Morgan fingerprint density at radius 1 is 1.16 bits per heavy atom. The van der Waals surface area contributed by atoms with Crippen molar-refractivity contribution < 1.29 is 4.74 Å². The van der Waals surface area contributed by atoms with Crippen LogP contribution >= 0.6 is 0 Å². The van der Waals surface area contributed by atoms with Crippen LogP contribution in [-0.4, -0.2) is 16.6 Å². The van der Waals surface area contributed by atoms with Crippen molar-refractivity contribution in [2.45, 2.75) is 72.6 Å². The molecule has 1 heterocycles. The quantitative estimate of drug-likeness (QED) is 0.876. The topological polar surface area (TPSA) is 34.1 Å². The third-order valence-electron chi connectivity index (χ3n) is 2.60. The summed E-state index contributed by atoms with van der Waals surface area (Å²) < 4.78 is 5.90. The number of rotatable bonds is 5. The molecule has 0 aliphatic heterocycles. The fourth-order valence-electron chi connectivity index (χ4n) is 1.67. The lowest BCUT2D eigenvalue weighted by atomic mass is 10.1. The number of nitrogens with zero attached hydrogens (tertiary/aromatic N) is 1. The molecule has 0 radical (unpaired) electrons. The van der Waals surface area contributed by atoms with Crippen LogP contribution in [0.3, 0.4) is 0 Å². The number of nitrogens with one attached hydrogen (secondary N) is 1. The normalized spacial score (nSPS) is 12.3.